The van der Waals surface area contributed by atoms with Gasteiger partial charge < -0.3 is 9.84 Å². The Morgan fingerprint density at radius 1 is 1.53 bits per heavy atom. The largest absolute Gasteiger partial charge is 0.477 e. The molecule has 88 valence electrons. The van der Waals surface area contributed by atoms with Crippen LogP contribution in [0.1, 0.15) is 9.67 Å². The van der Waals surface area contributed by atoms with Gasteiger partial charge in [-0.2, -0.15) is 4.98 Å². The van der Waals surface area contributed by atoms with Crippen molar-refractivity contribution < 1.29 is 14.6 Å². The predicted octanol–water partition coefficient (Wildman–Crippen LogP) is 4.05. The van der Waals surface area contributed by atoms with Crippen molar-refractivity contribution in [3.05, 3.63) is 38.8 Å². The highest BCUT2D eigenvalue weighted by molar-refractivity contribution is 9.10. The van der Waals surface area contributed by atoms with Crippen LogP contribution >= 0.6 is 38.9 Å². The summed E-state index contributed by atoms with van der Waals surface area (Å²) in [6.45, 7) is 0. The van der Waals surface area contributed by atoms with Crippen LogP contribution in [0, 0.1) is 0 Å². The Morgan fingerprint density at radius 3 is 2.88 bits per heavy atom. The molecule has 17 heavy (non-hydrogen) atoms. The van der Waals surface area contributed by atoms with E-state index in [2.05, 4.69) is 20.9 Å². The zero-order valence-electron chi connectivity index (χ0n) is 8.18. The first kappa shape index (κ1) is 12.3. The highest BCUT2D eigenvalue weighted by atomic mass is 79.9. The van der Waals surface area contributed by atoms with Crippen LogP contribution in [0.2, 0.25) is 5.15 Å². The van der Waals surface area contributed by atoms with Gasteiger partial charge in [0, 0.05) is 4.47 Å². The molecule has 7 heteroatoms. The van der Waals surface area contributed by atoms with Crippen LogP contribution in [0.15, 0.2) is 28.7 Å². The van der Waals surface area contributed by atoms with Gasteiger partial charge in [-0.05, 0) is 18.2 Å². The van der Waals surface area contributed by atoms with Crippen molar-refractivity contribution in [2.45, 2.75) is 0 Å². The second-order valence-electron chi connectivity index (χ2n) is 2.96. The second kappa shape index (κ2) is 5.03. The van der Waals surface area contributed by atoms with Crippen molar-refractivity contribution in [1.82, 2.24) is 4.98 Å². The predicted molar refractivity (Wildman–Crippen MR) is 68.3 cm³/mol. The van der Waals surface area contributed by atoms with E-state index in [1.807, 2.05) is 6.07 Å². The number of rotatable bonds is 3. The molecule has 1 N–H and O–H groups in total. The molecular weight excluding hydrogens is 330 g/mol. The molecular formula is C10H5BrClNO3S. The summed E-state index contributed by atoms with van der Waals surface area (Å²) >= 11 is 9.86. The van der Waals surface area contributed by atoms with Gasteiger partial charge in [0.2, 0.25) is 0 Å². The fraction of sp³-hybridized carbons (Fsp3) is 0. The number of hydrogen-bond acceptors (Lipinski definition) is 4. The second-order valence-corrected chi connectivity index (χ2v) is 5.20. The Kier molecular flexibility index (Phi) is 3.66. The van der Waals surface area contributed by atoms with E-state index < -0.39 is 5.97 Å². The van der Waals surface area contributed by atoms with Gasteiger partial charge in [-0.1, -0.05) is 44.9 Å². The number of nitrogens with zero attached hydrogens (tertiary/aromatic N) is 1. The summed E-state index contributed by atoms with van der Waals surface area (Å²) in [5.74, 6) is -0.557. The summed E-state index contributed by atoms with van der Waals surface area (Å²) in [5.41, 5.74) is 0. The lowest BCUT2D eigenvalue weighted by Gasteiger charge is -2.00. The normalized spacial score (nSPS) is 10.2. The van der Waals surface area contributed by atoms with Crippen LogP contribution in [0.5, 0.6) is 10.9 Å². The van der Waals surface area contributed by atoms with Crippen LogP contribution < -0.4 is 4.74 Å². The summed E-state index contributed by atoms with van der Waals surface area (Å²) in [7, 11) is 0. The van der Waals surface area contributed by atoms with Crippen LogP contribution in [0.3, 0.4) is 0 Å². The third-order valence-corrected chi connectivity index (χ3v) is 3.56. The first-order valence-electron chi connectivity index (χ1n) is 4.39. The van der Waals surface area contributed by atoms with Gasteiger partial charge >= 0.3 is 5.97 Å². The Morgan fingerprint density at radius 2 is 2.29 bits per heavy atom. The van der Waals surface area contributed by atoms with E-state index in [-0.39, 0.29) is 15.2 Å². The molecule has 0 atom stereocenters. The van der Waals surface area contributed by atoms with Crippen LogP contribution in [-0.2, 0) is 0 Å². The molecule has 0 fully saturated rings. The number of ether oxygens (including phenoxy) is 1. The highest BCUT2D eigenvalue weighted by Gasteiger charge is 2.16. The molecule has 0 saturated carbocycles. The van der Waals surface area contributed by atoms with E-state index >= 15 is 0 Å². The average molecular weight is 335 g/mol. The summed E-state index contributed by atoms with van der Waals surface area (Å²) in [6.07, 6.45) is 0. The SMILES string of the molecule is O=C(O)c1sc(Oc2cccc(Br)c2)nc1Cl. The van der Waals surface area contributed by atoms with Crippen molar-refractivity contribution in [2.24, 2.45) is 0 Å². The van der Waals surface area contributed by atoms with Crippen LogP contribution in [-0.4, -0.2) is 16.1 Å². The van der Waals surface area contributed by atoms with Gasteiger partial charge in [0.1, 0.15) is 5.75 Å². The summed E-state index contributed by atoms with van der Waals surface area (Å²) in [4.78, 5) is 14.6. The van der Waals surface area contributed by atoms with E-state index in [4.69, 9.17) is 21.4 Å². The maximum absolute atomic E-state index is 10.8. The summed E-state index contributed by atoms with van der Waals surface area (Å²) in [5, 5.41) is 8.95. The number of thiazole rings is 1. The minimum absolute atomic E-state index is 0.0309. The first-order valence-corrected chi connectivity index (χ1v) is 6.38. The van der Waals surface area contributed by atoms with Gasteiger partial charge in [-0.15, -0.1) is 0 Å². The van der Waals surface area contributed by atoms with Crippen molar-refractivity contribution in [3.63, 3.8) is 0 Å². The molecule has 1 aromatic heterocycles. The topological polar surface area (TPSA) is 59.4 Å². The number of carboxylic acid groups (broad SMARTS) is 1. The molecule has 0 saturated heterocycles. The third kappa shape index (κ3) is 2.96. The number of halogens is 2. The molecule has 0 amide bonds. The average Bonchev–Trinajstić information content (AvgIpc) is 2.59. The van der Waals surface area contributed by atoms with Gasteiger partial charge in [0.25, 0.3) is 5.19 Å². The number of carbonyl (C=O) groups is 1. The van der Waals surface area contributed by atoms with Gasteiger partial charge in [-0.25, -0.2) is 4.79 Å². The van der Waals surface area contributed by atoms with E-state index in [0.717, 1.165) is 15.8 Å². The standard InChI is InChI=1S/C10H5BrClNO3S/c11-5-2-1-3-6(4-5)16-10-13-8(12)7(17-10)9(14)15/h1-4H,(H,14,15). The van der Waals surface area contributed by atoms with Crippen molar-refractivity contribution in [2.75, 3.05) is 0 Å². The molecule has 1 heterocycles. The van der Waals surface area contributed by atoms with Gasteiger partial charge in [0.05, 0.1) is 0 Å². The van der Waals surface area contributed by atoms with Crippen LogP contribution in [0.25, 0.3) is 0 Å². The maximum Gasteiger partial charge on any atom is 0.349 e. The van der Waals surface area contributed by atoms with Crippen molar-refractivity contribution in [1.29, 1.82) is 0 Å². The lowest BCUT2D eigenvalue weighted by atomic mass is 10.3. The van der Waals surface area contributed by atoms with Crippen LogP contribution in [0.4, 0.5) is 0 Å². The Balaban J connectivity index is 2.25. The molecule has 0 aliphatic carbocycles. The summed E-state index contributed by atoms with van der Waals surface area (Å²) < 4.78 is 6.26. The van der Waals surface area contributed by atoms with E-state index in [0.29, 0.717) is 5.75 Å². The molecule has 0 unspecified atom stereocenters. The van der Waals surface area contributed by atoms with E-state index in [9.17, 15) is 4.79 Å². The van der Waals surface area contributed by atoms with Crippen molar-refractivity contribution in [3.8, 4) is 10.9 Å². The molecule has 0 spiro atoms. The molecule has 1 aromatic carbocycles. The van der Waals surface area contributed by atoms with E-state index in [1.165, 1.54) is 0 Å². The number of benzene rings is 1. The molecule has 0 bridgehead atoms. The Labute approximate surface area is 114 Å². The van der Waals surface area contributed by atoms with Gasteiger partial charge in [-0.3, -0.25) is 0 Å². The minimum atomic E-state index is -1.11. The number of aromatic carboxylic acids is 1. The van der Waals surface area contributed by atoms with Gasteiger partial charge in [0.15, 0.2) is 10.0 Å². The lowest BCUT2D eigenvalue weighted by Crippen LogP contribution is -1.91. The maximum atomic E-state index is 10.8. The highest BCUT2D eigenvalue weighted by Crippen LogP contribution is 2.32. The van der Waals surface area contributed by atoms with Crippen molar-refractivity contribution >= 4 is 44.8 Å². The summed E-state index contributed by atoms with van der Waals surface area (Å²) in [6, 6.07) is 7.13. The molecule has 0 radical (unpaired) electrons. The van der Waals surface area contributed by atoms with E-state index in [1.54, 1.807) is 18.2 Å². The number of hydrogen-bond donors (Lipinski definition) is 1. The molecule has 2 rings (SSSR count). The molecule has 4 nitrogen and oxygen atoms in total. The Hall–Kier alpha value is -1.11. The first-order chi connectivity index (χ1) is 8.06. The lowest BCUT2D eigenvalue weighted by molar-refractivity contribution is 0.0702. The zero-order valence-corrected chi connectivity index (χ0v) is 11.3. The fourth-order valence-corrected chi connectivity index (χ4v) is 2.46. The fourth-order valence-electron chi connectivity index (χ4n) is 1.09. The molecule has 2 aromatic rings. The minimum Gasteiger partial charge on any atom is -0.477 e. The Bertz CT molecular complexity index is 572. The smallest absolute Gasteiger partial charge is 0.349 e. The number of carboxylic acids is 1. The monoisotopic (exact) mass is 333 g/mol. The third-order valence-electron chi connectivity index (χ3n) is 1.76. The quantitative estimate of drug-likeness (QED) is 0.920. The zero-order chi connectivity index (χ0) is 12.4. The molecule has 0 aliphatic rings. The molecule has 0 aliphatic heterocycles. The number of aromatic nitrogens is 1.